The van der Waals surface area contributed by atoms with E-state index in [4.69, 9.17) is 4.74 Å². The zero-order valence-electron chi connectivity index (χ0n) is 16.2. The zero-order valence-corrected chi connectivity index (χ0v) is 16.2. The number of hydrogen-bond donors (Lipinski definition) is 1. The van der Waals surface area contributed by atoms with Crippen LogP contribution in [-0.2, 0) is 24.0 Å². The van der Waals surface area contributed by atoms with Crippen LogP contribution in [0.3, 0.4) is 0 Å². The largest absolute Gasteiger partial charge is 0.416 e. The smallest absolute Gasteiger partial charge is 0.383 e. The molecular formula is C19H25F3N4O2. The van der Waals surface area contributed by atoms with E-state index in [0.717, 1.165) is 12.1 Å². The molecule has 0 saturated heterocycles. The van der Waals surface area contributed by atoms with Gasteiger partial charge in [-0.25, -0.2) is 9.78 Å². The second kappa shape index (κ2) is 9.59. The van der Waals surface area contributed by atoms with Gasteiger partial charge in [0.1, 0.15) is 5.82 Å². The van der Waals surface area contributed by atoms with Gasteiger partial charge in [0.2, 0.25) is 0 Å². The van der Waals surface area contributed by atoms with Gasteiger partial charge in [-0.05, 0) is 31.5 Å². The lowest BCUT2D eigenvalue weighted by Crippen LogP contribution is -2.44. The van der Waals surface area contributed by atoms with Crippen LogP contribution in [0.1, 0.15) is 30.8 Å². The Morgan fingerprint density at radius 1 is 1.29 bits per heavy atom. The number of benzene rings is 1. The molecule has 0 spiro atoms. The third-order valence-corrected chi connectivity index (χ3v) is 4.03. The van der Waals surface area contributed by atoms with E-state index in [-0.39, 0.29) is 18.6 Å². The second-order valence-corrected chi connectivity index (χ2v) is 6.68. The van der Waals surface area contributed by atoms with E-state index in [2.05, 4.69) is 10.3 Å². The first-order chi connectivity index (χ1) is 13.2. The number of nitrogens with zero attached hydrogens (tertiary/aromatic N) is 3. The van der Waals surface area contributed by atoms with Crippen LogP contribution in [0.5, 0.6) is 0 Å². The molecule has 2 amide bonds. The molecule has 0 bridgehead atoms. The van der Waals surface area contributed by atoms with Crippen molar-refractivity contribution in [2.75, 3.05) is 20.3 Å². The molecular weight excluding hydrogens is 373 g/mol. The van der Waals surface area contributed by atoms with Gasteiger partial charge in [-0.3, -0.25) is 0 Å². The number of carbonyl (C=O) groups excluding carboxylic acids is 1. The molecule has 154 valence electrons. The topological polar surface area (TPSA) is 59.4 Å². The summed E-state index contributed by atoms with van der Waals surface area (Å²) in [6, 6.07) is 4.78. The van der Waals surface area contributed by atoms with Crippen LogP contribution in [0, 0.1) is 0 Å². The lowest BCUT2D eigenvalue weighted by Gasteiger charge is -2.24. The number of carbonyl (C=O) groups is 1. The maximum absolute atomic E-state index is 12.7. The average Bonchev–Trinajstić information content (AvgIpc) is 3.04. The van der Waals surface area contributed by atoms with E-state index < -0.39 is 11.7 Å². The molecule has 0 aliphatic rings. The summed E-state index contributed by atoms with van der Waals surface area (Å²) in [5, 5.41) is 2.84. The summed E-state index contributed by atoms with van der Waals surface area (Å²) >= 11 is 0. The van der Waals surface area contributed by atoms with Gasteiger partial charge in [0.15, 0.2) is 0 Å². The Kier molecular flexibility index (Phi) is 7.45. The standard InChI is InChI=1S/C19H25F3N4O2/c1-14(2)24-18(27)26(10-11-28-3)13-17-23-8-9-25(17)12-15-4-6-16(7-5-15)19(20,21)22/h4-9,14H,10-13H2,1-3H3,(H,24,27). The normalized spacial score (nSPS) is 11.7. The highest BCUT2D eigenvalue weighted by Crippen LogP contribution is 2.29. The van der Waals surface area contributed by atoms with Crippen LogP contribution in [-0.4, -0.2) is 46.8 Å². The quantitative estimate of drug-likeness (QED) is 0.740. The summed E-state index contributed by atoms with van der Waals surface area (Å²) in [6.45, 7) is 5.14. The van der Waals surface area contributed by atoms with Crippen molar-refractivity contribution in [1.82, 2.24) is 19.8 Å². The number of nitrogens with one attached hydrogen (secondary N) is 1. The molecule has 28 heavy (non-hydrogen) atoms. The molecule has 1 heterocycles. The summed E-state index contributed by atoms with van der Waals surface area (Å²) in [6.07, 6.45) is -1.01. The van der Waals surface area contributed by atoms with Gasteiger partial charge < -0.3 is 19.5 Å². The second-order valence-electron chi connectivity index (χ2n) is 6.68. The Bertz CT molecular complexity index is 757. The number of alkyl halides is 3. The van der Waals surface area contributed by atoms with E-state index in [1.54, 1.807) is 24.4 Å². The predicted molar refractivity (Wildman–Crippen MR) is 98.7 cm³/mol. The van der Waals surface area contributed by atoms with Crippen molar-refractivity contribution < 1.29 is 22.7 Å². The van der Waals surface area contributed by atoms with E-state index >= 15 is 0 Å². The number of hydrogen-bond acceptors (Lipinski definition) is 3. The molecule has 2 aromatic rings. The minimum absolute atomic E-state index is 0.00978. The third kappa shape index (κ3) is 6.26. The first-order valence-corrected chi connectivity index (χ1v) is 8.91. The summed E-state index contributed by atoms with van der Waals surface area (Å²) in [5.74, 6) is 0.634. The lowest BCUT2D eigenvalue weighted by molar-refractivity contribution is -0.137. The van der Waals surface area contributed by atoms with Crippen molar-refractivity contribution in [3.05, 3.63) is 53.6 Å². The molecule has 6 nitrogen and oxygen atoms in total. The fourth-order valence-electron chi connectivity index (χ4n) is 2.59. The molecule has 0 saturated carbocycles. The molecule has 1 aromatic carbocycles. The zero-order chi connectivity index (χ0) is 20.7. The van der Waals surface area contributed by atoms with Crippen LogP contribution < -0.4 is 5.32 Å². The fourth-order valence-corrected chi connectivity index (χ4v) is 2.59. The Labute approximate surface area is 162 Å². The van der Waals surface area contributed by atoms with Crippen molar-refractivity contribution >= 4 is 6.03 Å². The Morgan fingerprint density at radius 2 is 1.96 bits per heavy atom. The molecule has 0 atom stereocenters. The van der Waals surface area contributed by atoms with Gasteiger partial charge in [0.05, 0.1) is 18.7 Å². The summed E-state index contributed by atoms with van der Waals surface area (Å²) < 4.78 is 45.0. The lowest BCUT2D eigenvalue weighted by atomic mass is 10.1. The monoisotopic (exact) mass is 398 g/mol. The van der Waals surface area contributed by atoms with Gasteiger partial charge in [-0.1, -0.05) is 12.1 Å². The Morgan fingerprint density at radius 3 is 2.54 bits per heavy atom. The average molecular weight is 398 g/mol. The number of methoxy groups -OCH3 is 1. The minimum atomic E-state index is -4.36. The molecule has 1 aromatic heterocycles. The maximum atomic E-state index is 12.7. The maximum Gasteiger partial charge on any atom is 0.416 e. The highest BCUT2D eigenvalue weighted by Gasteiger charge is 2.29. The molecule has 0 unspecified atom stereocenters. The number of aromatic nitrogens is 2. The van der Waals surface area contributed by atoms with E-state index in [9.17, 15) is 18.0 Å². The molecule has 1 N–H and O–H groups in total. The number of urea groups is 1. The van der Waals surface area contributed by atoms with Gasteiger partial charge in [0.25, 0.3) is 0 Å². The van der Waals surface area contributed by atoms with Crippen LogP contribution in [0.15, 0.2) is 36.7 Å². The van der Waals surface area contributed by atoms with Crippen LogP contribution in [0.4, 0.5) is 18.0 Å². The van der Waals surface area contributed by atoms with Crippen molar-refractivity contribution in [3.63, 3.8) is 0 Å². The first kappa shape index (κ1) is 21.7. The SMILES string of the molecule is COCCN(Cc1nccn1Cc1ccc(C(F)(F)F)cc1)C(=O)NC(C)C. The molecule has 0 aliphatic heterocycles. The van der Waals surface area contributed by atoms with Gasteiger partial charge in [-0.15, -0.1) is 0 Å². The fraction of sp³-hybridized carbons (Fsp3) is 0.474. The Balaban J connectivity index is 2.11. The van der Waals surface area contributed by atoms with Gasteiger partial charge >= 0.3 is 12.2 Å². The molecule has 0 radical (unpaired) electrons. The summed E-state index contributed by atoms with van der Waals surface area (Å²) in [5.41, 5.74) is 0.0283. The number of ether oxygens (including phenoxy) is 1. The summed E-state index contributed by atoms with van der Waals surface area (Å²) in [4.78, 5) is 18.3. The highest BCUT2D eigenvalue weighted by molar-refractivity contribution is 5.74. The number of rotatable bonds is 8. The van der Waals surface area contributed by atoms with Crippen LogP contribution in [0.2, 0.25) is 0 Å². The van der Waals surface area contributed by atoms with Crippen molar-refractivity contribution in [2.45, 2.75) is 39.2 Å². The van der Waals surface area contributed by atoms with E-state index in [1.165, 1.54) is 12.1 Å². The summed E-state index contributed by atoms with van der Waals surface area (Å²) in [7, 11) is 1.56. The number of halogens is 3. The predicted octanol–water partition coefficient (Wildman–Crippen LogP) is 3.52. The highest BCUT2D eigenvalue weighted by atomic mass is 19.4. The molecule has 2 rings (SSSR count). The molecule has 0 aliphatic carbocycles. The molecule has 0 fully saturated rings. The van der Waals surface area contributed by atoms with E-state index in [1.807, 2.05) is 18.4 Å². The van der Waals surface area contributed by atoms with Crippen LogP contribution in [0.25, 0.3) is 0 Å². The number of amides is 2. The van der Waals surface area contributed by atoms with Crippen molar-refractivity contribution in [3.8, 4) is 0 Å². The van der Waals surface area contributed by atoms with Crippen molar-refractivity contribution in [1.29, 1.82) is 0 Å². The minimum Gasteiger partial charge on any atom is -0.383 e. The van der Waals surface area contributed by atoms with Crippen molar-refractivity contribution in [2.24, 2.45) is 0 Å². The van der Waals surface area contributed by atoms with Gasteiger partial charge in [-0.2, -0.15) is 13.2 Å². The third-order valence-electron chi connectivity index (χ3n) is 4.03. The first-order valence-electron chi connectivity index (χ1n) is 8.91. The molecule has 9 heteroatoms. The Hall–Kier alpha value is -2.55. The number of imidazole rings is 1. The van der Waals surface area contributed by atoms with Crippen LogP contribution >= 0.6 is 0 Å². The van der Waals surface area contributed by atoms with E-state index in [0.29, 0.717) is 31.1 Å². The van der Waals surface area contributed by atoms with Gasteiger partial charge in [0, 0.05) is 38.6 Å².